The molecule has 4 rings (SSSR count). The molecule has 0 bridgehead atoms. The third kappa shape index (κ3) is 3.42. The molecule has 1 aliphatic carbocycles. The van der Waals surface area contributed by atoms with Gasteiger partial charge in [-0.1, -0.05) is 30.3 Å². The van der Waals surface area contributed by atoms with Crippen LogP contribution in [0.1, 0.15) is 33.3 Å². The first-order valence-corrected chi connectivity index (χ1v) is 9.27. The number of rotatable bonds is 3. The fourth-order valence-electron chi connectivity index (χ4n) is 4.17. The Labute approximate surface area is 154 Å². The summed E-state index contributed by atoms with van der Waals surface area (Å²) in [5.74, 6) is -1.67. The Bertz CT molecular complexity index is 630. The number of aliphatic hydroxyl groups is 1. The molecule has 3 aliphatic rings. The summed E-state index contributed by atoms with van der Waals surface area (Å²) >= 11 is 0. The van der Waals surface area contributed by atoms with Gasteiger partial charge in [-0.05, 0) is 33.3 Å². The lowest BCUT2D eigenvalue weighted by molar-refractivity contribution is -0.338. The Morgan fingerprint density at radius 3 is 2.35 bits per heavy atom. The van der Waals surface area contributed by atoms with E-state index in [1.54, 1.807) is 0 Å². The quantitative estimate of drug-likeness (QED) is 0.887. The second-order valence-electron chi connectivity index (χ2n) is 8.27. The molecule has 6 heteroatoms. The minimum atomic E-state index is -0.751. The molecule has 1 N–H and O–H groups in total. The molecule has 1 aromatic carbocycles. The largest absolute Gasteiger partial charge is 0.390 e. The normalized spacial score (nSPS) is 40.7. The molecule has 26 heavy (non-hydrogen) atoms. The van der Waals surface area contributed by atoms with Gasteiger partial charge in [0.2, 0.25) is 0 Å². The minimum Gasteiger partial charge on any atom is -0.390 e. The van der Waals surface area contributed by atoms with Gasteiger partial charge in [-0.15, -0.1) is 0 Å². The third-order valence-corrected chi connectivity index (χ3v) is 5.34. The van der Waals surface area contributed by atoms with Crippen LogP contribution in [0.25, 0.3) is 0 Å². The van der Waals surface area contributed by atoms with Gasteiger partial charge < -0.3 is 28.8 Å². The summed E-state index contributed by atoms with van der Waals surface area (Å²) in [6.45, 7) is 8.32. The van der Waals surface area contributed by atoms with Gasteiger partial charge in [-0.2, -0.15) is 0 Å². The van der Waals surface area contributed by atoms with Crippen LogP contribution in [0.4, 0.5) is 0 Å². The standard InChI is InChI=1S/C20H28O6/c1-19(2)23-11-13-14(21)16(22-10-12-8-6-5-7-9-12)18-17(15(13)24-19)25-20(3,4)26-18/h5-9,13-18,21H,10-11H2,1-4H3/t13-,14+,15-,16+,17+,18-/m1/s1. The van der Waals surface area contributed by atoms with Crippen LogP contribution in [0.5, 0.6) is 0 Å². The van der Waals surface area contributed by atoms with E-state index in [0.717, 1.165) is 5.56 Å². The summed E-state index contributed by atoms with van der Waals surface area (Å²) < 4.78 is 30.3. The summed E-state index contributed by atoms with van der Waals surface area (Å²) in [5, 5.41) is 11.0. The van der Waals surface area contributed by atoms with Gasteiger partial charge in [0.1, 0.15) is 18.3 Å². The van der Waals surface area contributed by atoms with Gasteiger partial charge in [0.25, 0.3) is 0 Å². The number of benzene rings is 1. The number of aliphatic hydroxyl groups excluding tert-OH is 1. The molecular formula is C20H28O6. The van der Waals surface area contributed by atoms with Crippen molar-refractivity contribution < 1.29 is 28.8 Å². The lowest BCUT2D eigenvalue weighted by Crippen LogP contribution is -2.66. The molecular weight excluding hydrogens is 336 g/mol. The van der Waals surface area contributed by atoms with Gasteiger partial charge in [-0.25, -0.2) is 0 Å². The van der Waals surface area contributed by atoms with Gasteiger partial charge in [0.05, 0.1) is 25.4 Å². The van der Waals surface area contributed by atoms with Gasteiger partial charge in [0, 0.05) is 5.92 Å². The SMILES string of the molecule is CC1(C)O[C@@H]2[C@H](O1)[C@@H](OCc1ccccc1)[C@@H](O)[C@H]1COC(C)(C)O[C@H]12. The predicted octanol–water partition coefficient (Wildman–Crippen LogP) is 2.23. The Morgan fingerprint density at radius 2 is 1.62 bits per heavy atom. The molecule has 1 aromatic rings. The highest BCUT2D eigenvalue weighted by Gasteiger charge is 2.61. The summed E-state index contributed by atoms with van der Waals surface area (Å²) in [7, 11) is 0. The van der Waals surface area contributed by atoms with Crippen molar-refractivity contribution in [3.05, 3.63) is 35.9 Å². The predicted molar refractivity (Wildman–Crippen MR) is 93.2 cm³/mol. The van der Waals surface area contributed by atoms with Crippen LogP contribution in [0.2, 0.25) is 0 Å². The average Bonchev–Trinajstić information content (AvgIpc) is 2.90. The zero-order valence-electron chi connectivity index (χ0n) is 15.8. The van der Waals surface area contributed by atoms with Gasteiger partial charge in [0.15, 0.2) is 11.6 Å². The molecule has 2 aliphatic heterocycles. The molecule has 0 radical (unpaired) electrons. The maximum absolute atomic E-state index is 11.0. The van der Waals surface area contributed by atoms with Crippen molar-refractivity contribution in [1.82, 2.24) is 0 Å². The molecule has 2 saturated heterocycles. The third-order valence-electron chi connectivity index (χ3n) is 5.34. The highest BCUT2D eigenvalue weighted by molar-refractivity contribution is 5.14. The van der Waals surface area contributed by atoms with Crippen molar-refractivity contribution in [3.63, 3.8) is 0 Å². The summed E-state index contributed by atoms with van der Waals surface area (Å²) in [5.41, 5.74) is 1.05. The lowest BCUT2D eigenvalue weighted by atomic mass is 9.78. The molecule has 6 nitrogen and oxygen atoms in total. The molecule has 0 spiro atoms. The van der Waals surface area contributed by atoms with Crippen LogP contribution in [0.3, 0.4) is 0 Å². The highest BCUT2D eigenvalue weighted by Crippen LogP contribution is 2.45. The maximum Gasteiger partial charge on any atom is 0.164 e. The van der Waals surface area contributed by atoms with Crippen molar-refractivity contribution in [2.24, 2.45) is 5.92 Å². The zero-order chi connectivity index (χ0) is 18.5. The number of hydrogen-bond donors (Lipinski definition) is 1. The van der Waals surface area contributed by atoms with Crippen LogP contribution in [-0.4, -0.2) is 53.8 Å². The molecule has 3 fully saturated rings. The molecule has 144 valence electrons. The van der Waals surface area contributed by atoms with Crippen LogP contribution in [-0.2, 0) is 30.3 Å². The topological polar surface area (TPSA) is 66.4 Å². The Balaban J connectivity index is 1.57. The fourth-order valence-corrected chi connectivity index (χ4v) is 4.17. The summed E-state index contributed by atoms with van der Waals surface area (Å²) in [4.78, 5) is 0. The van der Waals surface area contributed by atoms with Crippen molar-refractivity contribution in [2.45, 2.75) is 76.4 Å². The number of hydrogen-bond acceptors (Lipinski definition) is 6. The zero-order valence-corrected chi connectivity index (χ0v) is 15.8. The Hall–Kier alpha value is -1.02. The van der Waals surface area contributed by atoms with E-state index in [4.69, 9.17) is 23.7 Å². The van der Waals surface area contributed by atoms with Crippen molar-refractivity contribution in [2.75, 3.05) is 6.61 Å². The van der Waals surface area contributed by atoms with Crippen LogP contribution in [0.15, 0.2) is 30.3 Å². The van der Waals surface area contributed by atoms with Crippen molar-refractivity contribution in [1.29, 1.82) is 0 Å². The first-order valence-electron chi connectivity index (χ1n) is 9.27. The van der Waals surface area contributed by atoms with Gasteiger partial charge in [-0.3, -0.25) is 0 Å². The van der Waals surface area contributed by atoms with Crippen molar-refractivity contribution in [3.8, 4) is 0 Å². The summed E-state index contributed by atoms with van der Waals surface area (Å²) in [6, 6.07) is 9.91. The first-order chi connectivity index (χ1) is 12.3. The monoisotopic (exact) mass is 364 g/mol. The molecule has 1 saturated carbocycles. The second-order valence-corrected chi connectivity index (χ2v) is 8.27. The molecule has 0 aromatic heterocycles. The Kier molecular flexibility index (Phi) is 4.62. The number of fused-ring (bicyclic) bond motifs is 3. The highest BCUT2D eigenvalue weighted by atomic mass is 16.8. The van der Waals surface area contributed by atoms with E-state index in [9.17, 15) is 5.11 Å². The van der Waals surface area contributed by atoms with Crippen LogP contribution < -0.4 is 0 Å². The van der Waals surface area contributed by atoms with Gasteiger partial charge >= 0.3 is 0 Å². The van der Waals surface area contributed by atoms with E-state index in [1.165, 1.54) is 0 Å². The smallest absolute Gasteiger partial charge is 0.164 e. The van der Waals surface area contributed by atoms with E-state index < -0.39 is 23.8 Å². The Morgan fingerprint density at radius 1 is 0.962 bits per heavy atom. The van der Waals surface area contributed by atoms with E-state index >= 15 is 0 Å². The second kappa shape index (κ2) is 6.55. The van der Waals surface area contributed by atoms with E-state index in [1.807, 2.05) is 58.0 Å². The molecule has 0 unspecified atom stereocenters. The van der Waals surface area contributed by atoms with Crippen LogP contribution in [0, 0.1) is 5.92 Å². The van der Waals surface area contributed by atoms with Crippen LogP contribution >= 0.6 is 0 Å². The minimum absolute atomic E-state index is 0.220. The van der Waals surface area contributed by atoms with E-state index in [-0.39, 0.29) is 24.2 Å². The number of ether oxygens (including phenoxy) is 5. The molecule has 2 heterocycles. The maximum atomic E-state index is 11.0. The van der Waals surface area contributed by atoms with E-state index in [2.05, 4.69) is 0 Å². The average molecular weight is 364 g/mol. The van der Waals surface area contributed by atoms with E-state index in [0.29, 0.717) is 13.2 Å². The molecule has 0 amide bonds. The fraction of sp³-hybridized carbons (Fsp3) is 0.700. The van der Waals surface area contributed by atoms with Crippen molar-refractivity contribution >= 4 is 0 Å². The summed E-state index contributed by atoms with van der Waals surface area (Å²) in [6.07, 6.45) is -2.24. The lowest BCUT2D eigenvalue weighted by Gasteiger charge is -2.50. The molecule has 6 atom stereocenters. The first kappa shape index (κ1) is 18.3.